The molecule has 2 aliphatic rings. The van der Waals surface area contributed by atoms with Crippen LogP contribution in [0.15, 0.2) is 24.3 Å². The molecule has 24 heavy (non-hydrogen) atoms. The van der Waals surface area contributed by atoms with Gasteiger partial charge in [0.05, 0.1) is 13.2 Å². The number of rotatable bonds is 5. The fourth-order valence-electron chi connectivity index (χ4n) is 2.96. The van der Waals surface area contributed by atoms with E-state index in [4.69, 9.17) is 4.74 Å². The third-order valence-corrected chi connectivity index (χ3v) is 4.24. The molecule has 132 valence electrons. The number of carbonyl (C=O) groups excluding carboxylic acids is 2. The molecule has 0 aliphatic carbocycles. The van der Waals surface area contributed by atoms with Gasteiger partial charge in [0.15, 0.2) is 0 Å². The van der Waals surface area contributed by atoms with Crippen LogP contribution in [0.4, 0.5) is 5.69 Å². The van der Waals surface area contributed by atoms with Gasteiger partial charge in [0.25, 0.3) is 0 Å². The molecule has 0 spiro atoms. The normalized spacial score (nSPS) is 20.6. The summed E-state index contributed by atoms with van der Waals surface area (Å²) in [5.41, 5.74) is 1.97. The van der Waals surface area contributed by atoms with Gasteiger partial charge in [0.2, 0.25) is 11.8 Å². The summed E-state index contributed by atoms with van der Waals surface area (Å²) in [5.74, 6) is 0.208. The minimum Gasteiger partial charge on any atom is -0.378 e. The predicted molar refractivity (Wildman–Crippen MR) is 94.4 cm³/mol. The Balaban J connectivity index is 0.00000208. The molecule has 1 atom stereocenters. The summed E-state index contributed by atoms with van der Waals surface area (Å²) in [6.07, 6.45) is 1.99. The van der Waals surface area contributed by atoms with Crippen LogP contribution in [0, 0.1) is 0 Å². The zero-order valence-corrected chi connectivity index (χ0v) is 14.4. The van der Waals surface area contributed by atoms with Crippen molar-refractivity contribution in [2.75, 3.05) is 31.2 Å². The topological polar surface area (TPSA) is 70.7 Å². The first-order valence-electron chi connectivity index (χ1n) is 8.19. The summed E-state index contributed by atoms with van der Waals surface area (Å²) < 4.78 is 5.34. The van der Waals surface area contributed by atoms with Crippen LogP contribution in [0.25, 0.3) is 0 Å². The molecule has 7 heteroatoms. The number of nitrogens with zero attached hydrogens (tertiary/aromatic N) is 1. The van der Waals surface area contributed by atoms with Crippen molar-refractivity contribution in [1.82, 2.24) is 10.6 Å². The molecule has 2 saturated heterocycles. The quantitative estimate of drug-likeness (QED) is 0.835. The SMILES string of the molecule is Cl.O=C(CC1COCCN1)NCc1ccc(N2CCCC2=O)cc1. The smallest absolute Gasteiger partial charge is 0.227 e. The van der Waals surface area contributed by atoms with Crippen molar-refractivity contribution in [3.8, 4) is 0 Å². The lowest BCUT2D eigenvalue weighted by Gasteiger charge is -2.23. The van der Waals surface area contributed by atoms with E-state index in [0.717, 1.165) is 30.8 Å². The molecule has 2 heterocycles. The van der Waals surface area contributed by atoms with E-state index < -0.39 is 0 Å². The van der Waals surface area contributed by atoms with Crippen molar-refractivity contribution in [3.63, 3.8) is 0 Å². The van der Waals surface area contributed by atoms with E-state index in [2.05, 4.69) is 10.6 Å². The monoisotopic (exact) mass is 353 g/mol. The molecular formula is C17H24ClN3O3. The summed E-state index contributed by atoms with van der Waals surface area (Å²) >= 11 is 0. The maximum absolute atomic E-state index is 11.9. The van der Waals surface area contributed by atoms with Gasteiger partial charge in [0.1, 0.15) is 0 Å². The number of nitrogens with one attached hydrogen (secondary N) is 2. The minimum absolute atomic E-state index is 0. The van der Waals surface area contributed by atoms with Crippen LogP contribution in [0.3, 0.4) is 0 Å². The van der Waals surface area contributed by atoms with E-state index in [-0.39, 0.29) is 30.3 Å². The highest BCUT2D eigenvalue weighted by Crippen LogP contribution is 2.21. The second-order valence-corrected chi connectivity index (χ2v) is 6.02. The summed E-state index contributed by atoms with van der Waals surface area (Å²) in [6.45, 7) is 3.40. The van der Waals surface area contributed by atoms with Gasteiger partial charge in [-0.3, -0.25) is 9.59 Å². The summed E-state index contributed by atoms with van der Waals surface area (Å²) in [7, 11) is 0. The van der Waals surface area contributed by atoms with Crippen LogP contribution >= 0.6 is 12.4 Å². The molecule has 2 aliphatic heterocycles. The van der Waals surface area contributed by atoms with Crippen LogP contribution in [-0.2, 0) is 20.9 Å². The Kier molecular flexibility index (Phi) is 7.02. The number of hydrogen-bond acceptors (Lipinski definition) is 4. The van der Waals surface area contributed by atoms with Crippen molar-refractivity contribution in [2.24, 2.45) is 0 Å². The van der Waals surface area contributed by atoms with Gasteiger partial charge in [-0.05, 0) is 24.1 Å². The van der Waals surface area contributed by atoms with Crippen LogP contribution in [-0.4, -0.2) is 44.2 Å². The van der Waals surface area contributed by atoms with Crippen LogP contribution in [0.2, 0.25) is 0 Å². The van der Waals surface area contributed by atoms with Crippen molar-refractivity contribution in [3.05, 3.63) is 29.8 Å². The summed E-state index contributed by atoms with van der Waals surface area (Å²) in [4.78, 5) is 25.5. The molecule has 2 fully saturated rings. The Morgan fingerprint density at radius 3 is 2.75 bits per heavy atom. The Morgan fingerprint density at radius 2 is 2.12 bits per heavy atom. The molecule has 1 aromatic carbocycles. The molecule has 0 bridgehead atoms. The highest BCUT2D eigenvalue weighted by Gasteiger charge is 2.21. The summed E-state index contributed by atoms with van der Waals surface area (Å²) in [6, 6.07) is 7.92. The maximum Gasteiger partial charge on any atom is 0.227 e. The van der Waals surface area contributed by atoms with E-state index in [0.29, 0.717) is 32.6 Å². The molecule has 6 nitrogen and oxygen atoms in total. The molecule has 0 radical (unpaired) electrons. The number of amides is 2. The first-order chi connectivity index (χ1) is 11.2. The third-order valence-electron chi connectivity index (χ3n) is 4.24. The number of carbonyl (C=O) groups is 2. The van der Waals surface area contributed by atoms with E-state index in [9.17, 15) is 9.59 Å². The van der Waals surface area contributed by atoms with Crippen LogP contribution in [0.1, 0.15) is 24.8 Å². The number of morpholine rings is 1. The van der Waals surface area contributed by atoms with Crippen molar-refractivity contribution >= 4 is 29.9 Å². The average molecular weight is 354 g/mol. The maximum atomic E-state index is 11.9. The van der Waals surface area contributed by atoms with E-state index in [1.165, 1.54) is 0 Å². The molecule has 1 aromatic rings. The van der Waals surface area contributed by atoms with E-state index in [1.807, 2.05) is 29.2 Å². The Hall–Kier alpha value is -1.63. The van der Waals surface area contributed by atoms with Gasteiger partial charge >= 0.3 is 0 Å². The van der Waals surface area contributed by atoms with Crippen LogP contribution in [0.5, 0.6) is 0 Å². The fourth-order valence-corrected chi connectivity index (χ4v) is 2.96. The Morgan fingerprint density at radius 1 is 1.33 bits per heavy atom. The largest absolute Gasteiger partial charge is 0.378 e. The highest BCUT2D eigenvalue weighted by molar-refractivity contribution is 5.95. The lowest BCUT2D eigenvalue weighted by Crippen LogP contribution is -2.44. The first kappa shape index (κ1) is 18.7. The van der Waals surface area contributed by atoms with Gasteiger partial charge in [-0.1, -0.05) is 12.1 Å². The van der Waals surface area contributed by atoms with Crippen LogP contribution < -0.4 is 15.5 Å². The average Bonchev–Trinajstić information content (AvgIpc) is 3.00. The zero-order chi connectivity index (χ0) is 16.1. The molecule has 2 amide bonds. The third kappa shape index (κ3) is 4.93. The van der Waals surface area contributed by atoms with Gasteiger partial charge in [0, 0.05) is 44.2 Å². The standard InChI is InChI=1S/C17H23N3O3.ClH/c21-16(10-14-12-23-9-7-18-14)19-11-13-3-5-15(6-4-13)20-8-1-2-17(20)22;/h3-6,14,18H,1-2,7-12H2,(H,19,21);1H. The predicted octanol–water partition coefficient (Wildman–Crippen LogP) is 1.23. The molecule has 2 N–H and O–H groups in total. The fraction of sp³-hybridized carbons (Fsp3) is 0.529. The van der Waals surface area contributed by atoms with Gasteiger partial charge in [-0.25, -0.2) is 0 Å². The first-order valence-corrected chi connectivity index (χ1v) is 8.19. The van der Waals surface area contributed by atoms with Crippen molar-refractivity contribution in [1.29, 1.82) is 0 Å². The zero-order valence-electron chi connectivity index (χ0n) is 13.6. The number of halogens is 1. The summed E-state index contributed by atoms with van der Waals surface area (Å²) in [5, 5.41) is 6.20. The second-order valence-electron chi connectivity index (χ2n) is 6.02. The van der Waals surface area contributed by atoms with Gasteiger partial charge in [-0.2, -0.15) is 0 Å². The second kappa shape index (κ2) is 9.01. The molecule has 0 saturated carbocycles. The molecule has 1 unspecified atom stereocenters. The number of hydrogen-bond donors (Lipinski definition) is 2. The number of ether oxygens (including phenoxy) is 1. The van der Waals surface area contributed by atoms with E-state index >= 15 is 0 Å². The van der Waals surface area contributed by atoms with Crippen molar-refractivity contribution < 1.29 is 14.3 Å². The Labute approximate surface area is 148 Å². The molecule has 0 aromatic heterocycles. The number of anilines is 1. The molecule has 3 rings (SSSR count). The lowest BCUT2D eigenvalue weighted by molar-refractivity contribution is -0.122. The van der Waals surface area contributed by atoms with Gasteiger partial charge in [-0.15, -0.1) is 12.4 Å². The Bertz CT molecular complexity index is 559. The van der Waals surface area contributed by atoms with Crippen molar-refractivity contribution in [2.45, 2.75) is 31.8 Å². The van der Waals surface area contributed by atoms with E-state index in [1.54, 1.807) is 0 Å². The number of benzene rings is 1. The highest BCUT2D eigenvalue weighted by atomic mass is 35.5. The van der Waals surface area contributed by atoms with Gasteiger partial charge < -0.3 is 20.3 Å². The minimum atomic E-state index is 0. The lowest BCUT2D eigenvalue weighted by atomic mass is 10.1. The molecular weight excluding hydrogens is 330 g/mol.